The zero-order valence-electron chi connectivity index (χ0n) is 29.1. The van der Waals surface area contributed by atoms with Crippen LogP contribution in [0, 0.1) is 0 Å². The van der Waals surface area contributed by atoms with Crippen LogP contribution >= 0.6 is 30.3 Å². The number of alkyl halides is 2. The first kappa shape index (κ1) is 38.9. The molecule has 2 atom stereocenters. The molecule has 0 unspecified atom stereocenters. The molecule has 0 bridgehead atoms. The van der Waals surface area contributed by atoms with Crippen LogP contribution < -0.4 is 10.2 Å². The van der Waals surface area contributed by atoms with E-state index in [0.29, 0.717) is 28.8 Å². The van der Waals surface area contributed by atoms with E-state index in [1.54, 1.807) is 62.8 Å². The molecule has 0 saturated carbocycles. The molecule has 5 aromatic rings. The van der Waals surface area contributed by atoms with Crippen molar-refractivity contribution in [1.82, 2.24) is 20.1 Å². The van der Waals surface area contributed by atoms with Gasteiger partial charge in [0.25, 0.3) is 5.91 Å². The van der Waals surface area contributed by atoms with Gasteiger partial charge in [0.15, 0.2) is 0 Å². The molecule has 282 valence electrons. The summed E-state index contributed by atoms with van der Waals surface area (Å²) >= 11 is 2.43. The van der Waals surface area contributed by atoms with Gasteiger partial charge in [0.1, 0.15) is 17.1 Å². The fraction of sp³-hybridized carbons (Fsp3) is 0.270. The van der Waals surface area contributed by atoms with Crippen molar-refractivity contribution in [3.63, 3.8) is 0 Å². The van der Waals surface area contributed by atoms with Crippen LogP contribution in [0.1, 0.15) is 46.1 Å². The zero-order valence-corrected chi connectivity index (χ0v) is 31.6. The highest BCUT2D eigenvalue weighted by molar-refractivity contribution is 7.52. The molecule has 0 spiro atoms. The topological polar surface area (TPSA) is 160 Å². The van der Waals surface area contributed by atoms with Crippen LogP contribution in [-0.4, -0.2) is 81.4 Å². The standard InChI is InChI=1S/C37H36F2N5O7PS2/c1-42(2)31(45)16-19-43(27-13-10-24(11-14-27)34-40-17-20-53-34)35(47)28-9-6-18-44(28)36(48)32(23-7-4-3-5-8-23)41-33(46)30-22-25-21-26(12-15-29(25)54-30)37(38,39)52(49,50)51/h3-5,7-8,10-15,17,20-22,28,32H,6,9,16,18-19H2,1-2H3,(H,41,46)(H2,49,50,51)/t28-,32-/m0/s1. The minimum absolute atomic E-state index is 0.0456. The van der Waals surface area contributed by atoms with Gasteiger partial charge < -0.3 is 29.8 Å². The number of thiophene rings is 1. The van der Waals surface area contributed by atoms with Crippen molar-refractivity contribution >= 4 is 69.7 Å². The minimum atomic E-state index is -5.81. The van der Waals surface area contributed by atoms with E-state index in [9.17, 15) is 42.3 Å². The van der Waals surface area contributed by atoms with Gasteiger partial charge >= 0.3 is 13.3 Å². The maximum Gasteiger partial charge on any atom is 0.399 e. The number of nitrogens with zero attached hydrogens (tertiary/aromatic N) is 4. The minimum Gasteiger partial charge on any atom is -0.349 e. The summed E-state index contributed by atoms with van der Waals surface area (Å²) in [5, 5.41) is 5.61. The zero-order chi connectivity index (χ0) is 38.8. The Morgan fingerprint density at radius 2 is 1.76 bits per heavy atom. The highest BCUT2D eigenvalue weighted by Gasteiger charge is 2.50. The number of thiazole rings is 1. The van der Waals surface area contributed by atoms with Gasteiger partial charge in [-0.25, -0.2) is 4.98 Å². The molecule has 12 nitrogen and oxygen atoms in total. The molecular weight excluding hydrogens is 760 g/mol. The van der Waals surface area contributed by atoms with E-state index >= 15 is 0 Å². The maximum atomic E-state index is 14.5. The predicted octanol–water partition coefficient (Wildman–Crippen LogP) is 6.23. The third-order valence-electron chi connectivity index (χ3n) is 9.10. The monoisotopic (exact) mass is 795 g/mol. The van der Waals surface area contributed by atoms with E-state index in [0.717, 1.165) is 34.0 Å². The fourth-order valence-corrected chi connectivity index (χ4v) is 8.29. The lowest BCUT2D eigenvalue weighted by Gasteiger charge is -2.33. The lowest BCUT2D eigenvalue weighted by Crippen LogP contribution is -2.51. The average molecular weight is 796 g/mol. The third kappa shape index (κ3) is 8.12. The van der Waals surface area contributed by atoms with Crippen molar-refractivity contribution < 1.29 is 42.3 Å². The summed E-state index contributed by atoms with van der Waals surface area (Å²) in [6.07, 6.45) is 2.62. The molecule has 3 heterocycles. The van der Waals surface area contributed by atoms with Crippen LogP contribution in [0.15, 0.2) is 90.4 Å². The molecule has 1 saturated heterocycles. The number of nitrogens with one attached hydrogen (secondary N) is 1. The Kier molecular flexibility index (Phi) is 11.4. The number of hydrogen-bond acceptors (Lipinski definition) is 8. The normalized spacial score (nSPS) is 15.2. The molecule has 0 radical (unpaired) electrons. The van der Waals surface area contributed by atoms with Crippen LogP contribution in [0.4, 0.5) is 14.5 Å². The number of anilines is 1. The van der Waals surface area contributed by atoms with Gasteiger partial charge in [-0.15, -0.1) is 22.7 Å². The van der Waals surface area contributed by atoms with Gasteiger partial charge in [-0.1, -0.05) is 36.4 Å². The van der Waals surface area contributed by atoms with Crippen molar-refractivity contribution in [1.29, 1.82) is 0 Å². The molecule has 1 aliphatic heterocycles. The number of aromatic nitrogens is 1. The van der Waals surface area contributed by atoms with Gasteiger partial charge in [-0.05, 0) is 66.3 Å². The van der Waals surface area contributed by atoms with Gasteiger partial charge in [0, 0.05) is 66.7 Å². The largest absolute Gasteiger partial charge is 0.399 e. The summed E-state index contributed by atoms with van der Waals surface area (Å²) in [5.74, 6) is -1.77. The van der Waals surface area contributed by atoms with E-state index in [-0.39, 0.29) is 41.6 Å². The van der Waals surface area contributed by atoms with E-state index in [2.05, 4.69) is 10.3 Å². The molecule has 1 aliphatic rings. The van der Waals surface area contributed by atoms with E-state index in [4.69, 9.17) is 0 Å². The molecule has 4 amide bonds. The molecule has 1 fully saturated rings. The number of amides is 4. The van der Waals surface area contributed by atoms with Crippen molar-refractivity contribution in [2.75, 3.05) is 32.1 Å². The first-order valence-electron chi connectivity index (χ1n) is 16.8. The molecule has 17 heteroatoms. The fourth-order valence-electron chi connectivity index (χ4n) is 6.23. The quantitative estimate of drug-likeness (QED) is 0.126. The predicted molar refractivity (Wildman–Crippen MR) is 202 cm³/mol. The summed E-state index contributed by atoms with van der Waals surface area (Å²) in [7, 11) is -2.55. The molecule has 6 rings (SSSR count). The summed E-state index contributed by atoms with van der Waals surface area (Å²) in [4.78, 5) is 82.5. The van der Waals surface area contributed by atoms with Crippen molar-refractivity contribution in [2.45, 2.75) is 37.0 Å². The van der Waals surface area contributed by atoms with E-state index < -0.39 is 42.7 Å². The molecule has 3 N–H and O–H groups in total. The summed E-state index contributed by atoms with van der Waals surface area (Å²) in [5.41, 5.74) is -3.47. The number of halogens is 2. The first-order valence-corrected chi connectivity index (χ1v) is 20.1. The number of likely N-dealkylation sites (tertiary alicyclic amines) is 1. The Morgan fingerprint density at radius 3 is 2.41 bits per heavy atom. The Morgan fingerprint density at radius 1 is 1.04 bits per heavy atom. The third-order valence-corrected chi connectivity index (χ3v) is 12.0. The van der Waals surface area contributed by atoms with Crippen LogP contribution in [0.3, 0.4) is 0 Å². The Bertz CT molecular complexity index is 2210. The Balaban J connectivity index is 1.27. The second kappa shape index (κ2) is 15.9. The lowest BCUT2D eigenvalue weighted by molar-refractivity contribution is -0.139. The van der Waals surface area contributed by atoms with Crippen LogP contribution in [0.2, 0.25) is 0 Å². The Labute approximate surface area is 317 Å². The van der Waals surface area contributed by atoms with E-state index in [1.807, 2.05) is 17.5 Å². The SMILES string of the molecule is CN(C)C(=O)CCN(C(=O)[C@@H]1CCCN1C(=O)[C@@H](NC(=O)c1cc2cc(C(F)(F)P(=O)(O)O)ccc2s1)c1ccccc1)c1ccc(-c2nccs2)cc1. The number of fused-ring (bicyclic) bond motifs is 1. The van der Waals surface area contributed by atoms with Gasteiger partial charge in [0.2, 0.25) is 17.7 Å². The second-order valence-electron chi connectivity index (χ2n) is 12.9. The molecule has 54 heavy (non-hydrogen) atoms. The number of hydrogen-bond donors (Lipinski definition) is 3. The molecule has 0 aliphatic carbocycles. The maximum absolute atomic E-state index is 14.5. The van der Waals surface area contributed by atoms with Gasteiger partial charge in [-0.2, -0.15) is 8.78 Å². The molecular formula is C37H36F2N5O7PS2. The second-order valence-corrected chi connectivity index (χ2v) is 16.5. The van der Waals surface area contributed by atoms with Crippen LogP contribution in [0.25, 0.3) is 20.7 Å². The number of benzene rings is 3. The lowest BCUT2D eigenvalue weighted by atomic mass is 10.0. The summed E-state index contributed by atoms with van der Waals surface area (Å²) in [6.45, 7) is 0.304. The van der Waals surface area contributed by atoms with Crippen molar-refractivity contribution in [3.8, 4) is 10.6 Å². The van der Waals surface area contributed by atoms with E-state index in [1.165, 1.54) is 38.2 Å². The van der Waals surface area contributed by atoms with Gasteiger partial charge in [-0.3, -0.25) is 23.7 Å². The van der Waals surface area contributed by atoms with Crippen molar-refractivity contribution in [3.05, 3.63) is 106 Å². The number of carbonyl (C=O) groups is 4. The molecule has 3 aromatic carbocycles. The number of rotatable bonds is 12. The Hall–Kier alpha value is -4.86. The summed E-state index contributed by atoms with van der Waals surface area (Å²) < 4.78 is 40.7. The van der Waals surface area contributed by atoms with Gasteiger partial charge in [0.05, 0.1) is 4.88 Å². The van der Waals surface area contributed by atoms with Crippen LogP contribution in [-0.2, 0) is 24.6 Å². The van der Waals surface area contributed by atoms with Crippen LogP contribution in [0.5, 0.6) is 0 Å². The highest BCUT2D eigenvalue weighted by atomic mass is 32.1. The number of carbonyl (C=O) groups excluding carboxylic acids is 4. The summed E-state index contributed by atoms with van der Waals surface area (Å²) in [6, 6.07) is 18.0. The first-order chi connectivity index (χ1) is 25.7. The van der Waals surface area contributed by atoms with Crippen molar-refractivity contribution in [2.24, 2.45) is 0 Å². The average Bonchev–Trinajstić information content (AvgIpc) is 3.95. The molecule has 2 aromatic heterocycles. The smallest absolute Gasteiger partial charge is 0.349 e. The highest BCUT2D eigenvalue weighted by Crippen LogP contribution is 2.59.